The summed E-state index contributed by atoms with van der Waals surface area (Å²) in [6.45, 7) is 1.81. The van der Waals surface area contributed by atoms with Crippen LogP contribution in [0.1, 0.15) is 36.3 Å². The van der Waals surface area contributed by atoms with Gasteiger partial charge in [0, 0.05) is 24.2 Å². The Balaban J connectivity index is 1.40. The second-order valence-electron chi connectivity index (χ2n) is 6.74. The second-order valence-corrected chi connectivity index (χ2v) is 6.74. The quantitative estimate of drug-likeness (QED) is 0.779. The number of piperidine rings is 1. The highest BCUT2D eigenvalue weighted by molar-refractivity contribution is 5.37. The fraction of sp³-hybridized carbons (Fsp3) is 0.368. The van der Waals surface area contributed by atoms with E-state index in [0.717, 1.165) is 55.6 Å². The van der Waals surface area contributed by atoms with E-state index in [0.29, 0.717) is 5.92 Å². The lowest BCUT2D eigenvalue weighted by Crippen LogP contribution is -2.36. The number of rotatable bonds is 4. The Morgan fingerprint density at radius 1 is 1.12 bits per heavy atom. The number of pyridine rings is 1. The SMILES string of the molecule is OC(CN1CCC(c2nnc3ccccn23)CC1)c1cc(F)ccc1F. The number of likely N-dealkylation sites (tertiary alicyclic amines) is 1. The Kier molecular flexibility index (Phi) is 4.65. The average Bonchev–Trinajstić information content (AvgIpc) is 3.08. The highest BCUT2D eigenvalue weighted by Crippen LogP contribution is 2.28. The Morgan fingerprint density at radius 2 is 1.92 bits per heavy atom. The number of hydrogen-bond donors (Lipinski definition) is 1. The number of fused-ring (bicyclic) bond motifs is 1. The molecular weight excluding hydrogens is 338 g/mol. The van der Waals surface area contributed by atoms with E-state index in [4.69, 9.17) is 0 Å². The topological polar surface area (TPSA) is 53.7 Å². The molecule has 1 saturated heterocycles. The third-order valence-corrected chi connectivity index (χ3v) is 5.04. The van der Waals surface area contributed by atoms with Gasteiger partial charge < -0.3 is 10.0 Å². The van der Waals surface area contributed by atoms with Gasteiger partial charge in [0.2, 0.25) is 0 Å². The van der Waals surface area contributed by atoms with Gasteiger partial charge in [-0.2, -0.15) is 0 Å². The highest BCUT2D eigenvalue weighted by atomic mass is 19.1. The lowest BCUT2D eigenvalue weighted by molar-refractivity contribution is 0.0938. The molecule has 0 spiro atoms. The minimum atomic E-state index is -1.05. The van der Waals surface area contributed by atoms with Gasteiger partial charge in [-0.15, -0.1) is 10.2 Å². The molecule has 1 aliphatic rings. The van der Waals surface area contributed by atoms with Crippen LogP contribution in [0.15, 0.2) is 42.6 Å². The van der Waals surface area contributed by atoms with Gasteiger partial charge in [0.15, 0.2) is 5.65 Å². The molecule has 1 aliphatic heterocycles. The predicted molar refractivity (Wildman–Crippen MR) is 92.7 cm³/mol. The van der Waals surface area contributed by atoms with E-state index in [1.807, 2.05) is 28.8 Å². The molecule has 4 rings (SSSR count). The minimum Gasteiger partial charge on any atom is -0.387 e. The van der Waals surface area contributed by atoms with Crippen molar-refractivity contribution in [2.45, 2.75) is 24.9 Å². The molecule has 1 N–H and O–H groups in total. The van der Waals surface area contributed by atoms with Gasteiger partial charge in [0.25, 0.3) is 0 Å². The van der Waals surface area contributed by atoms with Crippen LogP contribution < -0.4 is 0 Å². The lowest BCUT2D eigenvalue weighted by atomic mass is 9.95. The number of aliphatic hydroxyl groups excluding tert-OH is 1. The zero-order valence-corrected chi connectivity index (χ0v) is 14.2. The molecule has 5 nitrogen and oxygen atoms in total. The summed E-state index contributed by atoms with van der Waals surface area (Å²) in [5, 5.41) is 18.8. The highest BCUT2D eigenvalue weighted by Gasteiger charge is 2.26. The lowest BCUT2D eigenvalue weighted by Gasteiger charge is -2.32. The van der Waals surface area contributed by atoms with Crippen molar-refractivity contribution >= 4 is 5.65 Å². The van der Waals surface area contributed by atoms with Gasteiger partial charge in [-0.05, 0) is 56.3 Å². The van der Waals surface area contributed by atoms with Crippen LogP contribution in [0.2, 0.25) is 0 Å². The first-order chi connectivity index (χ1) is 12.6. The summed E-state index contributed by atoms with van der Waals surface area (Å²) in [6, 6.07) is 8.99. The van der Waals surface area contributed by atoms with Gasteiger partial charge in [-0.3, -0.25) is 4.40 Å². The summed E-state index contributed by atoms with van der Waals surface area (Å²) in [5.74, 6) is 0.130. The molecule has 2 aromatic heterocycles. The van der Waals surface area contributed by atoms with Crippen LogP contribution in [0.3, 0.4) is 0 Å². The summed E-state index contributed by atoms with van der Waals surface area (Å²) < 4.78 is 29.1. The molecule has 0 amide bonds. The molecule has 0 radical (unpaired) electrons. The maximum Gasteiger partial charge on any atom is 0.160 e. The van der Waals surface area contributed by atoms with Crippen LogP contribution >= 0.6 is 0 Å². The third kappa shape index (κ3) is 3.32. The molecule has 3 heterocycles. The Hall–Kier alpha value is -2.38. The number of aromatic nitrogens is 3. The molecule has 1 aromatic carbocycles. The first-order valence-corrected chi connectivity index (χ1v) is 8.77. The molecule has 1 unspecified atom stereocenters. The van der Waals surface area contributed by atoms with Crippen molar-refractivity contribution in [3.8, 4) is 0 Å². The summed E-state index contributed by atoms with van der Waals surface area (Å²) in [6.07, 6.45) is 2.69. The van der Waals surface area contributed by atoms with Crippen LogP contribution in [0.5, 0.6) is 0 Å². The van der Waals surface area contributed by atoms with Gasteiger partial charge in [-0.1, -0.05) is 6.07 Å². The van der Waals surface area contributed by atoms with E-state index >= 15 is 0 Å². The maximum atomic E-state index is 13.8. The fourth-order valence-electron chi connectivity index (χ4n) is 3.62. The molecule has 0 saturated carbocycles. The van der Waals surface area contributed by atoms with Crippen molar-refractivity contribution in [1.82, 2.24) is 19.5 Å². The van der Waals surface area contributed by atoms with Crippen LogP contribution in [0.4, 0.5) is 8.78 Å². The summed E-state index contributed by atoms with van der Waals surface area (Å²) in [7, 11) is 0. The largest absolute Gasteiger partial charge is 0.387 e. The molecule has 0 aliphatic carbocycles. The van der Waals surface area contributed by atoms with Gasteiger partial charge >= 0.3 is 0 Å². The van der Waals surface area contributed by atoms with Gasteiger partial charge in [-0.25, -0.2) is 8.78 Å². The Bertz CT molecular complexity index is 905. The number of β-amino-alcohol motifs (C(OH)–C–C–N with tert-alkyl or cyclic N) is 1. The number of halogens is 2. The second kappa shape index (κ2) is 7.09. The zero-order valence-electron chi connectivity index (χ0n) is 14.2. The normalized spacial score (nSPS) is 17.7. The Morgan fingerprint density at radius 3 is 2.73 bits per heavy atom. The monoisotopic (exact) mass is 358 g/mol. The first-order valence-electron chi connectivity index (χ1n) is 8.77. The number of hydrogen-bond acceptors (Lipinski definition) is 4. The molecule has 0 bridgehead atoms. The average molecular weight is 358 g/mol. The number of nitrogens with zero attached hydrogens (tertiary/aromatic N) is 4. The van der Waals surface area contributed by atoms with Crippen molar-refractivity contribution in [3.63, 3.8) is 0 Å². The van der Waals surface area contributed by atoms with Crippen molar-refractivity contribution < 1.29 is 13.9 Å². The zero-order chi connectivity index (χ0) is 18.1. The van der Waals surface area contributed by atoms with E-state index in [9.17, 15) is 13.9 Å². The Labute approximate surface area is 149 Å². The first kappa shape index (κ1) is 17.1. The minimum absolute atomic E-state index is 0.00979. The summed E-state index contributed by atoms with van der Waals surface area (Å²) in [5.41, 5.74) is 0.845. The van der Waals surface area contributed by atoms with E-state index in [1.54, 1.807) is 0 Å². The van der Waals surface area contributed by atoms with E-state index in [2.05, 4.69) is 15.1 Å². The van der Waals surface area contributed by atoms with E-state index < -0.39 is 17.7 Å². The number of benzene rings is 1. The smallest absolute Gasteiger partial charge is 0.160 e. The van der Waals surface area contributed by atoms with Crippen LogP contribution in [-0.2, 0) is 0 Å². The van der Waals surface area contributed by atoms with E-state index in [-0.39, 0.29) is 12.1 Å². The van der Waals surface area contributed by atoms with Gasteiger partial charge in [0.1, 0.15) is 17.5 Å². The molecule has 136 valence electrons. The van der Waals surface area contributed by atoms with Crippen LogP contribution in [0, 0.1) is 11.6 Å². The third-order valence-electron chi connectivity index (χ3n) is 5.04. The van der Waals surface area contributed by atoms with Crippen LogP contribution in [-0.4, -0.2) is 44.2 Å². The molecule has 3 aromatic rings. The van der Waals surface area contributed by atoms with E-state index in [1.165, 1.54) is 0 Å². The van der Waals surface area contributed by atoms with Crippen molar-refractivity contribution in [2.24, 2.45) is 0 Å². The summed E-state index contributed by atoms with van der Waals surface area (Å²) in [4.78, 5) is 2.08. The predicted octanol–water partition coefficient (Wildman–Crippen LogP) is 2.92. The van der Waals surface area contributed by atoms with Gasteiger partial charge in [0.05, 0.1) is 6.10 Å². The molecule has 7 heteroatoms. The summed E-state index contributed by atoms with van der Waals surface area (Å²) >= 11 is 0. The van der Waals surface area contributed by atoms with Crippen LogP contribution in [0.25, 0.3) is 5.65 Å². The molecule has 1 fully saturated rings. The maximum absolute atomic E-state index is 13.8. The molecule has 1 atom stereocenters. The van der Waals surface area contributed by atoms with Crippen molar-refractivity contribution in [3.05, 3.63) is 65.6 Å². The molecule has 26 heavy (non-hydrogen) atoms. The van der Waals surface area contributed by atoms with Crippen molar-refractivity contribution in [1.29, 1.82) is 0 Å². The number of aliphatic hydroxyl groups is 1. The van der Waals surface area contributed by atoms with Crippen molar-refractivity contribution in [2.75, 3.05) is 19.6 Å². The standard InChI is InChI=1S/C19H20F2N4O/c20-14-4-5-16(21)15(11-14)17(26)12-24-9-6-13(7-10-24)19-23-22-18-3-1-2-8-25(18)19/h1-5,8,11,13,17,26H,6-7,9-10,12H2. The molecular formula is C19H20F2N4O. The fourth-order valence-corrected chi connectivity index (χ4v) is 3.62.